The van der Waals surface area contributed by atoms with E-state index in [2.05, 4.69) is 65.8 Å². The molecule has 4 nitrogen and oxygen atoms in total. The van der Waals surface area contributed by atoms with Gasteiger partial charge in [-0.15, -0.1) is 0 Å². The number of halogens is 3. The fourth-order valence-electron chi connectivity index (χ4n) is 6.27. The van der Waals surface area contributed by atoms with Crippen LogP contribution < -0.4 is 0 Å². The van der Waals surface area contributed by atoms with Crippen LogP contribution in [0.3, 0.4) is 0 Å². The van der Waals surface area contributed by atoms with Gasteiger partial charge in [0, 0.05) is 22.3 Å². The SMILES string of the molecule is Cc1ccc2nc(-c3cccc(-c4nc5ccc(C(F)(F)F)cc5nc4-c4ccc(C(C)(C)C)cc4)c3)c(-c3ccc(C(C)(C)C)cc3)nc2c1. The second-order valence-corrected chi connectivity index (χ2v) is 15.3. The molecule has 0 saturated heterocycles. The van der Waals surface area contributed by atoms with Gasteiger partial charge in [0.2, 0.25) is 0 Å². The summed E-state index contributed by atoms with van der Waals surface area (Å²) >= 11 is 0. The summed E-state index contributed by atoms with van der Waals surface area (Å²) in [5.41, 5.74) is 10.6. The van der Waals surface area contributed by atoms with E-state index in [-0.39, 0.29) is 16.3 Å². The van der Waals surface area contributed by atoms with Gasteiger partial charge in [-0.25, -0.2) is 19.9 Å². The minimum Gasteiger partial charge on any atom is -0.244 e. The summed E-state index contributed by atoms with van der Waals surface area (Å²) in [6.07, 6.45) is -4.50. The maximum atomic E-state index is 13.7. The van der Waals surface area contributed by atoms with Crippen LogP contribution in [0, 0.1) is 6.92 Å². The Labute approximate surface area is 296 Å². The third-order valence-corrected chi connectivity index (χ3v) is 9.27. The Hall–Kier alpha value is -5.43. The lowest BCUT2D eigenvalue weighted by atomic mass is 9.86. The first-order chi connectivity index (χ1) is 24.0. The lowest BCUT2D eigenvalue weighted by molar-refractivity contribution is -0.137. The smallest absolute Gasteiger partial charge is 0.244 e. The van der Waals surface area contributed by atoms with Crippen LogP contribution >= 0.6 is 0 Å². The molecule has 51 heavy (non-hydrogen) atoms. The van der Waals surface area contributed by atoms with Crippen molar-refractivity contribution >= 4 is 22.1 Å². The Morgan fingerprint density at radius 2 is 0.784 bits per heavy atom. The van der Waals surface area contributed by atoms with Crippen molar-refractivity contribution in [2.45, 2.75) is 65.5 Å². The number of fused-ring (bicyclic) bond motifs is 2. The third-order valence-electron chi connectivity index (χ3n) is 9.27. The molecule has 0 unspecified atom stereocenters. The summed E-state index contributed by atoms with van der Waals surface area (Å²) in [5, 5.41) is 0. The van der Waals surface area contributed by atoms with E-state index in [9.17, 15) is 13.2 Å². The molecule has 5 aromatic carbocycles. The van der Waals surface area contributed by atoms with Crippen LogP contribution in [0.15, 0.2) is 109 Å². The van der Waals surface area contributed by atoms with Crippen LogP contribution in [0.2, 0.25) is 0 Å². The molecular weight excluding hydrogens is 642 g/mol. The van der Waals surface area contributed by atoms with Gasteiger partial charge in [-0.2, -0.15) is 13.2 Å². The number of aromatic nitrogens is 4. The van der Waals surface area contributed by atoms with E-state index >= 15 is 0 Å². The summed E-state index contributed by atoms with van der Waals surface area (Å²) < 4.78 is 41.2. The molecule has 0 bridgehead atoms. The number of alkyl halides is 3. The van der Waals surface area contributed by atoms with Crippen LogP contribution in [0.5, 0.6) is 0 Å². The van der Waals surface area contributed by atoms with Gasteiger partial charge in [-0.3, -0.25) is 0 Å². The van der Waals surface area contributed by atoms with E-state index in [1.807, 2.05) is 73.7 Å². The zero-order valence-electron chi connectivity index (χ0n) is 29.8. The number of hydrogen-bond donors (Lipinski definition) is 0. The van der Waals surface area contributed by atoms with Crippen molar-refractivity contribution in [3.8, 4) is 45.0 Å². The lowest BCUT2D eigenvalue weighted by Crippen LogP contribution is -2.10. The molecule has 0 aliphatic carbocycles. The zero-order valence-corrected chi connectivity index (χ0v) is 29.8. The third kappa shape index (κ3) is 6.85. The second kappa shape index (κ2) is 12.4. The molecule has 0 atom stereocenters. The maximum Gasteiger partial charge on any atom is 0.416 e. The topological polar surface area (TPSA) is 51.6 Å². The minimum absolute atomic E-state index is 0.00183. The Morgan fingerprint density at radius 1 is 0.392 bits per heavy atom. The van der Waals surface area contributed by atoms with Crippen LogP contribution in [0.4, 0.5) is 13.2 Å². The monoisotopic (exact) mass is 680 g/mol. The van der Waals surface area contributed by atoms with Crippen molar-refractivity contribution in [3.05, 3.63) is 131 Å². The molecule has 0 radical (unpaired) electrons. The molecule has 0 N–H and O–H groups in total. The van der Waals surface area contributed by atoms with Gasteiger partial charge in [0.05, 0.1) is 50.4 Å². The molecule has 2 heterocycles. The number of benzene rings is 5. The Morgan fingerprint density at radius 3 is 1.24 bits per heavy atom. The normalized spacial score (nSPS) is 12.5. The van der Waals surface area contributed by atoms with E-state index < -0.39 is 11.7 Å². The molecule has 0 aliphatic heterocycles. The molecule has 2 aromatic heterocycles. The predicted molar refractivity (Wildman–Crippen MR) is 202 cm³/mol. The number of nitrogens with zero attached hydrogens (tertiary/aromatic N) is 4. The first kappa shape index (κ1) is 34.0. The van der Waals surface area contributed by atoms with Gasteiger partial charge in [0.1, 0.15) is 0 Å². The van der Waals surface area contributed by atoms with Crippen molar-refractivity contribution in [2.75, 3.05) is 0 Å². The molecule has 7 rings (SSSR count). The van der Waals surface area contributed by atoms with Crippen molar-refractivity contribution in [1.29, 1.82) is 0 Å². The van der Waals surface area contributed by atoms with Gasteiger partial charge in [0.25, 0.3) is 0 Å². The predicted octanol–water partition coefficient (Wildman–Crippen LogP) is 12.2. The van der Waals surface area contributed by atoms with Crippen LogP contribution in [-0.2, 0) is 17.0 Å². The summed E-state index contributed by atoms with van der Waals surface area (Å²) in [6, 6.07) is 34.0. The maximum absolute atomic E-state index is 13.7. The highest BCUT2D eigenvalue weighted by Crippen LogP contribution is 2.38. The quantitative estimate of drug-likeness (QED) is 0.186. The molecule has 0 spiro atoms. The highest BCUT2D eigenvalue weighted by atomic mass is 19.4. The first-order valence-electron chi connectivity index (χ1n) is 17.0. The lowest BCUT2D eigenvalue weighted by Gasteiger charge is -2.20. The van der Waals surface area contributed by atoms with Crippen LogP contribution in [0.25, 0.3) is 67.1 Å². The standard InChI is InChI=1S/C44H39F3N4/c1-26-11-21-34-36(23-26)50-38(27-12-16-31(17-13-27)42(2,3)4)40(48-34)29-9-8-10-30(24-29)41-39(28-14-18-32(19-15-28)43(5,6)7)51-37-25-33(44(45,46)47)20-22-35(37)49-41/h8-25H,1-7H3. The summed E-state index contributed by atoms with van der Waals surface area (Å²) in [7, 11) is 0. The van der Waals surface area contributed by atoms with Crippen molar-refractivity contribution in [3.63, 3.8) is 0 Å². The largest absolute Gasteiger partial charge is 0.416 e. The zero-order chi connectivity index (χ0) is 36.3. The molecule has 0 saturated carbocycles. The van der Waals surface area contributed by atoms with Crippen molar-refractivity contribution in [1.82, 2.24) is 19.9 Å². The Kier molecular flexibility index (Phi) is 8.28. The number of hydrogen-bond acceptors (Lipinski definition) is 4. The Balaban J connectivity index is 1.43. The average Bonchev–Trinajstić information content (AvgIpc) is 3.09. The molecular formula is C44H39F3N4. The molecule has 0 fully saturated rings. The van der Waals surface area contributed by atoms with E-state index in [0.29, 0.717) is 16.9 Å². The van der Waals surface area contributed by atoms with E-state index in [1.165, 1.54) is 11.6 Å². The number of aryl methyl sites for hydroxylation is 1. The molecule has 0 aliphatic rings. The Bertz CT molecular complexity index is 2420. The highest BCUT2D eigenvalue weighted by molar-refractivity contribution is 5.90. The second-order valence-electron chi connectivity index (χ2n) is 15.3. The van der Waals surface area contributed by atoms with Gasteiger partial charge < -0.3 is 0 Å². The fourth-order valence-corrected chi connectivity index (χ4v) is 6.27. The van der Waals surface area contributed by atoms with Gasteiger partial charge in [0.15, 0.2) is 0 Å². The first-order valence-corrected chi connectivity index (χ1v) is 17.0. The van der Waals surface area contributed by atoms with Crippen molar-refractivity contribution < 1.29 is 13.2 Å². The molecule has 256 valence electrons. The van der Waals surface area contributed by atoms with Crippen molar-refractivity contribution in [2.24, 2.45) is 0 Å². The van der Waals surface area contributed by atoms with E-state index in [4.69, 9.17) is 19.9 Å². The van der Waals surface area contributed by atoms with Crippen LogP contribution in [-0.4, -0.2) is 19.9 Å². The van der Waals surface area contributed by atoms with E-state index in [1.54, 1.807) is 0 Å². The fraction of sp³-hybridized carbons (Fsp3) is 0.227. The van der Waals surface area contributed by atoms with E-state index in [0.717, 1.165) is 67.9 Å². The molecule has 7 heteroatoms. The summed E-state index contributed by atoms with van der Waals surface area (Å²) in [5.74, 6) is 0. The average molecular weight is 681 g/mol. The van der Waals surface area contributed by atoms with Gasteiger partial charge in [-0.1, -0.05) is 114 Å². The summed E-state index contributed by atoms with van der Waals surface area (Å²) in [4.78, 5) is 20.1. The molecule has 0 amide bonds. The minimum atomic E-state index is -4.50. The van der Waals surface area contributed by atoms with Gasteiger partial charge in [-0.05, 0) is 70.8 Å². The summed E-state index contributed by atoms with van der Waals surface area (Å²) in [6.45, 7) is 15.0. The highest BCUT2D eigenvalue weighted by Gasteiger charge is 2.31. The van der Waals surface area contributed by atoms with Gasteiger partial charge >= 0.3 is 6.18 Å². The number of rotatable bonds is 4. The molecule has 7 aromatic rings. The van der Waals surface area contributed by atoms with Crippen LogP contribution in [0.1, 0.15) is 63.8 Å².